The molecule has 0 radical (unpaired) electrons. The second-order valence-electron chi connectivity index (χ2n) is 3.81. The molecule has 0 fully saturated rings. The van der Waals surface area contributed by atoms with E-state index >= 15 is 0 Å². The minimum absolute atomic E-state index is 0.110. The van der Waals surface area contributed by atoms with Crippen molar-refractivity contribution in [3.63, 3.8) is 0 Å². The molecule has 0 aromatic heterocycles. The van der Waals surface area contributed by atoms with Gasteiger partial charge in [0.05, 0.1) is 5.56 Å². The van der Waals surface area contributed by atoms with Crippen LogP contribution in [0, 0.1) is 18.6 Å². The Hall–Kier alpha value is -2.23. The van der Waals surface area contributed by atoms with Crippen LogP contribution in [0.3, 0.4) is 0 Å². The largest absolute Gasteiger partial charge is 0.456 e. The van der Waals surface area contributed by atoms with Gasteiger partial charge in [0, 0.05) is 0 Å². The van der Waals surface area contributed by atoms with Gasteiger partial charge >= 0.3 is 0 Å². The van der Waals surface area contributed by atoms with Gasteiger partial charge in [-0.25, -0.2) is 8.78 Å². The third kappa shape index (κ3) is 2.53. The summed E-state index contributed by atoms with van der Waals surface area (Å²) >= 11 is 0. The quantitative estimate of drug-likeness (QED) is 0.770. The minimum atomic E-state index is -0.514. The Labute approximate surface area is 103 Å². The summed E-state index contributed by atoms with van der Waals surface area (Å²) in [4.78, 5) is 10.8. The van der Waals surface area contributed by atoms with E-state index in [1.54, 1.807) is 6.92 Å². The monoisotopic (exact) mass is 248 g/mol. The van der Waals surface area contributed by atoms with Crippen molar-refractivity contribution in [2.75, 3.05) is 0 Å². The number of carbonyl (C=O) groups excluding carboxylic acids is 1. The molecule has 18 heavy (non-hydrogen) atoms. The summed E-state index contributed by atoms with van der Waals surface area (Å²) in [6, 6.07) is 7.68. The van der Waals surface area contributed by atoms with Gasteiger partial charge in [0.2, 0.25) is 0 Å². The van der Waals surface area contributed by atoms with Crippen molar-refractivity contribution in [3.8, 4) is 11.5 Å². The average molecular weight is 248 g/mol. The van der Waals surface area contributed by atoms with Crippen LogP contribution in [-0.2, 0) is 0 Å². The van der Waals surface area contributed by atoms with E-state index in [1.807, 2.05) is 0 Å². The maximum atomic E-state index is 12.9. The molecule has 0 spiro atoms. The fourth-order valence-electron chi connectivity index (χ4n) is 1.55. The predicted molar refractivity (Wildman–Crippen MR) is 63.0 cm³/mol. The van der Waals surface area contributed by atoms with E-state index in [-0.39, 0.29) is 17.1 Å². The summed E-state index contributed by atoms with van der Waals surface area (Å²) in [5.74, 6) is -0.220. The van der Waals surface area contributed by atoms with Crippen molar-refractivity contribution in [1.29, 1.82) is 0 Å². The van der Waals surface area contributed by atoms with Gasteiger partial charge in [0.15, 0.2) is 6.29 Å². The van der Waals surface area contributed by atoms with E-state index in [0.29, 0.717) is 17.6 Å². The first-order valence-electron chi connectivity index (χ1n) is 5.29. The Morgan fingerprint density at radius 2 is 1.61 bits per heavy atom. The number of aryl methyl sites for hydroxylation is 1. The molecule has 2 aromatic carbocycles. The highest BCUT2D eigenvalue weighted by Gasteiger charge is 2.08. The van der Waals surface area contributed by atoms with E-state index in [1.165, 1.54) is 30.3 Å². The van der Waals surface area contributed by atoms with Crippen LogP contribution in [0.4, 0.5) is 8.78 Å². The normalized spacial score (nSPS) is 10.2. The van der Waals surface area contributed by atoms with Gasteiger partial charge in [-0.1, -0.05) is 0 Å². The number of hydrogen-bond donors (Lipinski definition) is 0. The lowest BCUT2D eigenvalue weighted by molar-refractivity contribution is 0.112. The molecular weight excluding hydrogens is 238 g/mol. The lowest BCUT2D eigenvalue weighted by Gasteiger charge is -2.10. The van der Waals surface area contributed by atoms with Gasteiger partial charge in [-0.15, -0.1) is 0 Å². The standard InChI is InChI=1S/C14H10F2O2/c1-9-6-11(15)2-4-13(9)18-14-5-3-12(16)7-10(14)8-17/h2-8H,1H3. The number of rotatable bonds is 3. The molecule has 0 saturated heterocycles. The molecule has 2 nitrogen and oxygen atoms in total. The second kappa shape index (κ2) is 4.96. The second-order valence-corrected chi connectivity index (χ2v) is 3.81. The van der Waals surface area contributed by atoms with Crippen LogP contribution >= 0.6 is 0 Å². The maximum absolute atomic E-state index is 12.9. The smallest absolute Gasteiger partial charge is 0.153 e. The lowest BCUT2D eigenvalue weighted by Crippen LogP contribution is -1.93. The summed E-state index contributed by atoms with van der Waals surface area (Å²) in [5, 5.41) is 0. The molecule has 0 aliphatic rings. The topological polar surface area (TPSA) is 26.3 Å². The van der Waals surface area contributed by atoms with Crippen molar-refractivity contribution >= 4 is 6.29 Å². The summed E-state index contributed by atoms with van der Waals surface area (Å²) in [6.45, 7) is 1.68. The Bertz CT molecular complexity index is 594. The van der Waals surface area contributed by atoms with Crippen molar-refractivity contribution in [1.82, 2.24) is 0 Å². The molecule has 2 rings (SSSR count). The lowest BCUT2D eigenvalue weighted by atomic mass is 10.2. The van der Waals surface area contributed by atoms with Crippen LogP contribution in [0.2, 0.25) is 0 Å². The first kappa shape index (κ1) is 12.2. The van der Waals surface area contributed by atoms with E-state index in [2.05, 4.69) is 0 Å². The fourth-order valence-corrected chi connectivity index (χ4v) is 1.55. The van der Waals surface area contributed by atoms with Gasteiger partial charge in [0.25, 0.3) is 0 Å². The van der Waals surface area contributed by atoms with E-state index < -0.39 is 5.82 Å². The third-order valence-electron chi connectivity index (χ3n) is 2.46. The Balaban J connectivity index is 2.36. The zero-order chi connectivity index (χ0) is 13.1. The van der Waals surface area contributed by atoms with Gasteiger partial charge < -0.3 is 4.74 Å². The number of halogens is 2. The summed E-state index contributed by atoms with van der Waals surface area (Å²) < 4.78 is 31.3. The molecule has 0 atom stereocenters. The molecule has 2 aromatic rings. The Morgan fingerprint density at radius 1 is 1.00 bits per heavy atom. The Kier molecular flexibility index (Phi) is 3.37. The van der Waals surface area contributed by atoms with E-state index in [4.69, 9.17) is 4.74 Å². The highest BCUT2D eigenvalue weighted by atomic mass is 19.1. The van der Waals surface area contributed by atoms with Crippen LogP contribution in [0.1, 0.15) is 15.9 Å². The SMILES string of the molecule is Cc1cc(F)ccc1Oc1ccc(F)cc1C=O. The maximum Gasteiger partial charge on any atom is 0.153 e. The molecule has 0 bridgehead atoms. The number of benzene rings is 2. The van der Waals surface area contributed by atoms with Crippen LogP contribution in [0.5, 0.6) is 11.5 Å². The first-order chi connectivity index (χ1) is 8.60. The molecule has 0 heterocycles. The van der Waals surface area contributed by atoms with Crippen LogP contribution in [0.25, 0.3) is 0 Å². The first-order valence-corrected chi connectivity index (χ1v) is 5.29. The van der Waals surface area contributed by atoms with Gasteiger partial charge in [0.1, 0.15) is 23.1 Å². The molecular formula is C14H10F2O2. The average Bonchev–Trinajstić information content (AvgIpc) is 2.34. The third-order valence-corrected chi connectivity index (χ3v) is 2.46. The van der Waals surface area contributed by atoms with Crippen molar-refractivity contribution in [3.05, 3.63) is 59.2 Å². The predicted octanol–water partition coefficient (Wildman–Crippen LogP) is 3.88. The molecule has 0 aliphatic heterocycles. The highest BCUT2D eigenvalue weighted by molar-refractivity contribution is 5.79. The van der Waals surface area contributed by atoms with Gasteiger partial charge in [-0.05, 0) is 48.9 Å². The number of aldehydes is 1. The zero-order valence-electron chi connectivity index (χ0n) is 9.61. The van der Waals surface area contributed by atoms with Crippen molar-refractivity contribution in [2.45, 2.75) is 6.92 Å². The zero-order valence-corrected chi connectivity index (χ0v) is 9.61. The van der Waals surface area contributed by atoms with Crippen LogP contribution in [0.15, 0.2) is 36.4 Å². The number of carbonyl (C=O) groups is 1. The summed E-state index contributed by atoms with van der Waals surface area (Å²) in [7, 11) is 0. The van der Waals surface area contributed by atoms with Crippen molar-refractivity contribution in [2.24, 2.45) is 0 Å². The molecule has 0 amide bonds. The molecule has 0 unspecified atom stereocenters. The summed E-state index contributed by atoms with van der Waals surface area (Å²) in [5.41, 5.74) is 0.704. The highest BCUT2D eigenvalue weighted by Crippen LogP contribution is 2.28. The van der Waals surface area contributed by atoms with Crippen molar-refractivity contribution < 1.29 is 18.3 Å². The molecule has 4 heteroatoms. The molecule has 92 valence electrons. The van der Waals surface area contributed by atoms with E-state index in [9.17, 15) is 13.6 Å². The van der Waals surface area contributed by atoms with Gasteiger partial charge in [-0.2, -0.15) is 0 Å². The summed E-state index contributed by atoms with van der Waals surface area (Å²) in [6.07, 6.45) is 0.511. The molecule has 0 saturated carbocycles. The Morgan fingerprint density at radius 3 is 2.22 bits per heavy atom. The fraction of sp³-hybridized carbons (Fsp3) is 0.0714. The van der Waals surface area contributed by atoms with Crippen LogP contribution in [-0.4, -0.2) is 6.29 Å². The molecule has 0 N–H and O–H groups in total. The van der Waals surface area contributed by atoms with E-state index in [0.717, 1.165) is 6.07 Å². The van der Waals surface area contributed by atoms with Crippen LogP contribution < -0.4 is 4.74 Å². The molecule has 0 aliphatic carbocycles. The number of hydrogen-bond acceptors (Lipinski definition) is 2. The van der Waals surface area contributed by atoms with Gasteiger partial charge in [-0.3, -0.25) is 4.79 Å². The minimum Gasteiger partial charge on any atom is -0.456 e. The number of ether oxygens (including phenoxy) is 1.